The Hall–Kier alpha value is -2.44. The highest BCUT2D eigenvalue weighted by Crippen LogP contribution is 2.40. The fourth-order valence-corrected chi connectivity index (χ4v) is 4.56. The van der Waals surface area contributed by atoms with Gasteiger partial charge in [0.25, 0.3) is 0 Å². The molecule has 0 N–H and O–H groups in total. The lowest BCUT2D eigenvalue weighted by Crippen LogP contribution is -2.60. The monoisotopic (exact) mass is 390 g/mol. The number of hydrogen-bond donors (Lipinski definition) is 0. The molecule has 3 rings (SSSR count). The van der Waals surface area contributed by atoms with Gasteiger partial charge in [-0.3, -0.25) is 9.59 Å². The molecule has 0 aromatic heterocycles. The third kappa shape index (κ3) is 3.50. The van der Waals surface area contributed by atoms with Crippen molar-refractivity contribution in [1.29, 1.82) is 0 Å². The smallest absolute Gasteiger partial charge is 0.248 e. The predicted octanol–water partition coefficient (Wildman–Crippen LogP) is 2.26. The molecule has 2 heterocycles. The van der Waals surface area contributed by atoms with E-state index in [9.17, 15) is 9.59 Å². The SMILES string of the molecule is COc1cc(CCC(=O)N2CCCC23CCCN(C)C3=O)cc(OC)c1OC. The van der Waals surface area contributed by atoms with Gasteiger partial charge in [-0.1, -0.05) is 0 Å². The minimum Gasteiger partial charge on any atom is -0.493 e. The first-order valence-corrected chi connectivity index (χ1v) is 9.81. The molecule has 2 saturated heterocycles. The number of likely N-dealkylation sites (N-methyl/N-ethyl adjacent to an activating group) is 1. The van der Waals surface area contributed by atoms with Gasteiger partial charge in [-0.15, -0.1) is 0 Å². The number of ether oxygens (including phenoxy) is 3. The lowest BCUT2D eigenvalue weighted by Gasteiger charge is -2.43. The molecule has 7 heteroatoms. The van der Waals surface area contributed by atoms with Crippen molar-refractivity contribution in [2.75, 3.05) is 41.5 Å². The van der Waals surface area contributed by atoms with Gasteiger partial charge in [0.05, 0.1) is 21.3 Å². The molecule has 2 aliphatic heterocycles. The molecule has 1 aromatic rings. The van der Waals surface area contributed by atoms with Crippen molar-refractivity contribution in [2.45, 2.75) is 44.1 Å². The molecule has 0 saturated carbocycles. The highest BCUT2D eigenvalue weighted by molar-refractivity contribution is 5.92. The van der Waals surface area contributed by atoms with Crippen LogP contribution >= 0.6 is 0 Å². The summed E-state index contributed by atoms with van der Waals surface area (Å²) in [5.41, 5.74) is 0.308. The van der Waals surface area contributed by atoms with Gasteiger partial charge in [0.2, 0.25) is 17.6 Å². The number of benzene rings is 1. The number of methoxy groups -OCH3 is 3. The first-order chi connectivity index (χ1) is 13.5. The molecule has 7 nitrogen and oxygen atoms in total. The number of carbonyl (C=O) groups excluding carboxylic acids is 2. The Balaban J connectivity index is 1.74. The maximum Gasteiger partial charge on any atom is 0.248 e. The number of carbonyl (C=O) groups is 2. The largest absolute Gasteiger partial charge is 0.493 e. The summed E-state index contributed by atoms with van der Waals surface area (Å²) >= 11 is 0. The summed E-state index contributed by atoms with van der Waals surface area (Å²) < 4.78 is 16.1. The van der Waals surface area contributed by atoms with E-state index < -0.39 is 5.54 Å². The zero-order chi connectivity index (χ0) is 20.3. The van der Waals surface area contributed by atoms with Crippen LogP contribution in [0.25, 0.3) is 0 Å². The minimum atomic E-state index is -0.626. The van der Waals surface area contributed by atoms with E-state index in [0.717, 1.165) is 37.8 Å². The van der Waals surface area contributed by atoms with Crippen LogP contribution in [0.2, 0.25) is 0 Å². The summed E-state index contributed by atoms with van der Waals surface area (Å²) in [6, 6.07) is 3.74. The molecule has 2 fully saturated rings. The number of aryl methyl sites for hydroxylation is 1. The molecule has 0 aliphatic carbocycles. The molecular weight excluding hydrogens is 360 g/mol. The number of piperidine rings is 1. The first-order valence-electron chi connectivity index (χ1n) is 9.81. The highest BCUT2D eigenvalue weighted by Gasteiger charge is 2.51. The van der Waals surface area contributed by atoms with Crippen LogP contribution in [0.4, 0.5) is 0 Å². The van der Waals surface area contributed by atoms with E-state index in [0.29, 0.717) is 36.6 Å². The van der Waals surface area contributed by atoms with Crippen molar-refractivity contribution in [1.82, 2.24) is 9.80 Å². The average Bonchev–Trinajstić information content (AvgIpc) is 3.13. The summed E-state index contributed by atoms with van der Waals surface area (Å²) in [4.78, 5) is 29.5. The molecule has 1 atom stereocenters. The van der Waals surface area contributed by atoms with Crippen LogP contribution in [0.1, 0.15) is 37.7 Å². The Labute approximate surface area is 166 Å². The Morgan fingerprint density at radius 2 is 1.64 bits per heavy atom. The Kier molecular flexibility index (Phi) is 6.01. The van der Waals surface area contributed by atoms with Crippen LogP contribution in [0.3, 0.4) is 0 Å². The fraction of sp³-hybridized carbons (Fsp3) is 0.619. The van der Waals surface area contributed by atoms with E-state index in [2.05, 4.69) is 0 Å². The summed E-state index contributed by atoms with van der Waals surface area (Å²) in [5, 5.41) is 0. The predicted molar refractivity (Wildman–Crippen MR) is 105 cm³/mol. The molecule has 2 aliphatic rings. The number of nitrogens with zero attached hydrogens (tertiary/aromatic N) is 2. The second kappa shape index (κ2) is 8.29. The van der Waals surface area contributed by atoms with Crippen LogP contribution < -0.4 is 14.2 Å². The Morgan fingerprint density at radius 1 is 1.04 bits per heavy atom. The Bertz CT molecular complexity index is 725. The van der Waals surface area contributed by atoms with Crippen LogP contribution in [-0.2, 0) is 16.0 Å². The number of hydrogen-bond acceptors (Lipinski definition) is 5. The van der Waals surface area contributed by atoms with E-state index in [4.69, 9.17) is 14.2 Å². The van der Waals surface area contributed by atoms with Gasteiger partial charge in [0, 0.05) is 26.6 Å². The summed E-state index contributed by atoms with van der Waals surface area (Å²) in [6.07, 6.45) is 4.26. The van der Waals surface area contributed by atoms with E-state index in [1.54, 1.807) is 26.2 Å². The standard InChI is InChI=1S/C21H30N2O5/c1-22-11-5-9-21(20(22)25)10-6-12-23(21)18(24)8-7-15-13-16(26-2)19(28-4)17(14-15)27-3/h13-14H,5-12H2,1-4H3. The molecular formula is C21H30N2O5. The molecule has 28 heavy (non-hydrogen) atoms. The number of rotatable bonds is 6. The van der Waals surface area contributed by atoms with Gasteiger partial charge in [0.1, 0.15) is 5.54 Å². The van der Waals surface area contributed by atoms with Gasteiger partial charge in [-0.05, 0) is 49.8 Å². The molecule has 154 valence electrons. The zero-order valence-corrected chi connectivity index (χ0v) is 17.2. The molecule has 1 spiro atoms. The second-order valence-corrected chi connectivity index (χ2v) is 7.54. The lowest BCUT2D eigenvalue weighted by atomic mass is 9.85. The Morgan fingerprint density at radius 3 is 2.21 bits per heavy atom. The van der Waals surface area contributed by atoms with Crippen molar-refractivity contribution in [3.05, 3.63) is 17.7 Å². The van der Waals surface area contributed by atoms with Crippen molar-refractivity contribution < 1.29 is 23.8 Å². The van der Waals surface area contributed by atoms with Crippen LogP contribution in [0, 0.1) is 0 Å². The quantitative estimate of drug-likeness (QED) is 0.745. The summed E-state index contributed by atoms with van der Waals surface area (Å²) in [7, 11) is 6.55. The van der Waals surface area contributed by atoms with Gasteiger partial charge in [0.15, 0.2) is 11.5 Å². The van der Waals surface area contributed by atoms with Crippen molar-refractivity contribution >= 4 is 11.8 Å². The van der Waals surface area contributed by atoms with Crippen LogP contribution in [0.15, 0.2) is 12.1 Å². The lowest BCUT2D eigenvalue weighted by molar-refractivity contribution is -0.154. The van der Waals surface area contributed by atoms with E-state index in [1.807, 2.05) is 24.1 Å². The molecule has 2 amide bonds. The third-order valence-corrected chi connectivity index (χ3v) is 5.97. The van der Waals surface area contributed by atoms with Crippen molar-refractivity contribution in [3.8, 4) is 17.2 Å². The molecule has 1 aromatic carbocycles. The van der Waals surface area contributed by atoms with Crippen LogP contribution in [-0.4, -0.2) is 68.6 Å². The van der Waals surface area contributed by atoms with Gasteiger partial charge >= 0.3 is 0 Å². The van der Waals surface area contributed by atoms with Crippen molar-refractivity contribution in [3.63, 3.8) is 0 Å². The molecule has 0 radical (unpaired) electrons. The van der Waals surface area contributed by atoms with Gasteiger partial charge in [-0.2, -0.15) is 0 Å². The third-order valence-electron chi connectivity index (χ3n) is 5.97. The number of likely N-dealkylation sites (tertiary alicyclic amines) is 2. The van der Waals surface area contributed by atoms with E-state index >= 15 is 0 Å². The highest BCUT2D eigenvalue weighted by atomic mass is 16.5. The zero-order valence-electron chi connectivity index (χ0n) is 17.2. The van der Waals surface area contributed by atoms with Gasteiger partial charge in [-0.25, -0.2) is 0 Å². The van der Waals surface area contributed by atoms with Crippen LogP contribution in [0.5, 0.6) is 17.2 Å². The summed E-state index contributed by atoms with van der Waals surface area (Å²) in [6.45, 7) is 1.43. The molecule has 1 unspecified atom stereocenters. The maximum atomic E-state index is 13.0. The first kappa shape index (κ1) is 20.3. The normalized spacial score (nSPS) is 21.9. The number of amides is 2. The topological polar surface area (TPSA) is 68.3 Å². The minimum absolute atomic E-state index is 0.0369. The van der Waals surface area contributed by atoms with E-state index in [-0.39, 0.29) is 11.8 Å². The average molecular weight is 390 g/mol. The molecule has 0 bridgehead atoms. The maximum absolute atomic E-state index is 13.0. The van der Waals surface area contributed by atoms with Crippen molar-refractivity contribution in [2.24, 2.45) is 0 Å². The van der Waals surface area contributed by atoms with Gasteiger partial charge < -0.3 is 24.0 Å². The fourth-order valence-electron chi connectivity index (χ4n) is 4.56. The second-order valence-electron chi connectivity index (χ2n) is 7.54. The van der Waals surface area contributed by atoms with E-state index in [1.165, 1.54) is 0 Å². The summed E-state index contributed by atoms with van der Waals surface area (Å²) in [5.74, 6) is 1.82.